The maximum absolute atomic E-state index is 12.2. The molecular weight excluding hydrogens is 319 g/mol. The van der Waals surface area contributed by atoms with Gasteiger partial charge in [0.1, 0.15) is 5.66 Å². The van der Waals surface area contributed by atoms with E-state index in [1.807, 2.05) is 62.2 Å². The van der Waals surface area contributed by atoms with Crippen LogP contribution in [0.4, 0.5) is 0 Å². The highest BCUT2D eigenvalue weighted by Crippen LogP contribution is 2.42. The second-order valence-electron chi connectivity index (χ2n) is 5.04. The number of hydrogen-bond acceptors (Lipinski definition) is 3. The zero-order valence-corrected chi connectivity index (χ0v) is 12.5. The van der Waals surface area contributed by atoms with Crippen LogP contribution in [0, 0.1) is 0 Å². The Morgan fingerprint density at radius 2 is 1.88 bits per heavy atom. The summed E-state index contributed by atoms with van der Waals surface area (Å²) in [5.74, 6) is 0.0432. The van der Waals surface area contributed by atoms with E-state index in [1.165, 1.54) is 0 Å². The van der Waals surface area contributed by atoms with Crippen molar-refractivity contribution in [3.8, 4) is 0 Å². The van der Waals surface area contributed by atoms with Gasteiger partial charge in [-0.15, -0.1) is 10.3 Å². The van der Waals surface area contributed by atoms with Gasteiger partial charge >= 0.3 is 0 Å². The molecule has 0 aromatic heterocycles. The molecule has 5 heteroatoms. The lowest BCUT2D eigenvalue weighted by Crippen LogP contribution is -2.48. The van der Waals surface area contributed by atoms with Crippen molar-refractivity contribution in [1.29, 1.82) is 0 Å². The van der Waals surface area contributed by atoms with Gasteiger partial charge in [-0.2, -0.15) is 0 Å². The average Bonchev–Trinajstić information content (AvgIpc) is 2.31. The predicted octanol–water partition coefficient (Wildman–Crippen LogP) is 1.98. The van der Waals surface area contributed by atoms with Gasteiger partial charge in [0.25, 0.3) is 0 Å². The minimum absolute atomic E-state index is 0.0432. The Morgan fingerprint density at radius 1 is 1.38 bits per heavy atom. The second kappa shape index (κ2) is 4.27. The predicted molar refractivity (Wildman–Crippen MR) is 70.4 cm³/mol. The van der Waals surface area contributed by atoms with Crippen LogP contribution in [0.5, 0.6) is 0 Å². The van der Waals surface area contributed by atoms with Crippen LogP contribution in [0.3, 0.4) is 0 Å². The first-order valence-corrected chi connectivity index (χ1v) is 6.70. The summed E-state index contributed by atoms with van der Waals surface area (Å²) in [4.78, 5) is 13.4. The van der Waals surface area contributed by atoms with Crippen LogP contribution >= 0.6 is 22.6 Å². The standard InChI is InChI=1S/C11H18IN2O2/c1-10(2)9(6-8(15)7-12)13(5)11(3,4)14(10)16/h6H,7H2,1-5H3. The molecule has 0 bridgehead atoms. The van der Waals surface area contributed by atoms with E-state index in [-0.39, 0.29) is 5.78 Å². The lowest BCUT2D eigenvalue weighted by Gasteiger charge is -2.32. The molecule has 0 spiro atoms. The van der Waals surface area contributed by atoms with Crippen LogP contribution in [-0.2, 0) is 10.0 Å². The molecule has 4 nitrogen and oxygen atoms in total. The Bertz CT molecular complexity index is 337. The highest BCUT2D eigenvalue weighted by molar-refractivity contribution is 14.1. The van der Waals surface area contributed by atoms with Gasteiger partial charge in [-0.05, 0) is 27.7 Å². The largest absolute Gasteiger partial charge is 0.356 e. The highest BCUT2D eigenvalue weighted by atomic mass is 127. The fourth-order valence-corrected chi connectivity index (χ4v) is 2.31. The van der Waals surface area contributed by atoms with Crippen LogP contribution in [0.2, 0.25) is 0 Å². The van der Waals surface area contributed by atoms with Crippen LogP contribution < -0.4 is 0 Å². The zero-order chi connectivity index (χ0) is 12.7. The number of carbonyl (C=O) groups is 1. The van der Waals surface area contributed by atoms with Crippen molar-refractivity contribution >= 4 is 28.4 Å². The van der Waals surface area contributed by atoms with E-state index in [0.717, 1.165) is 10.8 Å². The molecule has 0 N–H and O–H groups in total. The van der Waals surface area contributed by atoms with Gasteiger partial charge in [0.2, 0.25) is 0 Å². The third kappa shape index (κ3) is 2.00. The van der Waals surface area contributed by atoms with Gasteiger partial charge < -0.3 is 4.90 Å². The van der Waals surface area contributed by atoms with Crippen molar-refractivity contribution in [2.24, 2.45) is 0 Å². The zero-order valence-electron chi connectivity index (χ0n) is 10.4. The topological polar surface area (TPSA) is 43.5 Å². The van der Waals surface area contributed by atoms with Gasteiger partial charge in [-0.25, -0.2) is 0 Å². The molecular formula is C11H18IN2O2. The molecule has 1 fully saturated rings. The van der Waals surface area contributed by atoms with Crippen molar-refractivity contribution in [3.63, 3.8) is 0 Å². The SMILES string of the molecule is CN1C(=CC(=O)CI)C(C)(C)N([O])C1(C)C. The number of alkyl halides is 1. The van der Waals surface area contributed by atoms with E-state index in [1.54, 1.807) is 6.08 Å². The number of allylic oxidation sites excluding steroid dienone is 1. The summed E-state index contributed by atoms with van der Waals surface area (Å²) in [5, 5.41) is 13.2. The first-order valence-electron chi connectivity index (χ1n) is 5.18. The molecule has 1 aliphatic heterocycles. The number of carbonyl (C=O) groups excluding carboxylic acids is 1. The molecule has 91 valence electrons. The first-order chi connectivity index (χ1) is 7.15. The van der Waals surface area contributed by atoms with E-state index >= 15 is 0 Å². The lowest BCUT2D eigenvalue weighted by atomic mass is 10.0. The Hall–Kier alpha value is -0.140. The minimum atomic E-state index is -0.653. The molecule has 16 heavy (non-hydrogen) atoms. The molecule has 0 saturated carbocycles. The molecule has 1 heterocycles. The fourth-order valence-electron chi connectivity index (χ4n) is 2.09. The quantitative estimate of drug-likeness (QED) is 0.440. The monoisotopic (exact) mass is 337 g/mol. The Balaban J connectivity index is 3.21. The molecule has 0 aromatic rings. The van der Waals surface area contributed by atoms with E-state index in [9.17, 15) is 10.0 Å². The van der Waals surface area contributed by atoms with E-state index in [0.29, 0.717) is 4.43 Å². The highest BCUT2D eigenvalue weighted by Gasteiger charge is 2.52. The summed E-state index contributed by atoms with van der Waals surface area (Å²) in [5.41, 5.74) is -0.477. The summed E-state index contributed by atoms with van der Waals surface area (Å²) < 4.78 is 0.435. The Morgan fingerprint density at radius 3 is 2.19 bits per heavy atom. The summed E-state index contributed by atoms with van der Waals surface area (Å²) >= 11 is 2.03. The summed E-state index contributed by atoms with van der Waals surface area (Å²) in [6, 6.07) is 0. The van der Waals surface area contributed by atoms with Crippen LogP contribution in [0.25, 0.3) is 0 Å². The third-order valence-electron chi connectivity index (χ3n) is 3.24. The van der Waals surface area contributed by atoms with Crippen molar-refractivity contribution in [1.82, 2.24) is 9.96 Å². The average molecular weight is 337 g/mol. The van der Waals surface area contributed by atoms with Crippen LogP contribution in [0.15, 0.2) is 11.8 Å². The molecule has 0 unspecified atom stereocenters. The van der Waals surface area contributed by atoms with Crippen LogP contribution in [-0.4, -0.2) is 38.4 Å². The number of hydrogen-bond donors (Lipinski definition) is 0. The number of likely N-dealkylation sites (N-methyl/N-ethyl adjacent to an activating group) is 1. The molecule has 0 aromatic carbocycles. The molecule has 0 amide bonds. The third-order valence-corrected chi connectivity index (χ3v) is 3.99. The van der Waals surface area contributed by atoms with E-state index in [2.05, 4.69) is 0 Å². The number of halogens is 1. The van der Waals surface area contributed by atoms with Gasteiger partial charge in [-0.3, -0.25) is 4.79 Å². The van der Waals surface area contributed by atoms with Crippen LogP contribution in [0.1, 0.15) is 27.7 Å². The first kappa shape index (κ1) is 13.9. The van der Waals surface area contributed by atoms with Crippen molar-refractivity contribution in [2.45, 2.75) is 38.9 Å². The molecule has 1 saturated heterocycles. The summed E-state index contributed by atoms with van der Waals surface area (Å²) in [7, 11) is 1.85. The van der Waals surface area contributed by atoms with Crippen molar-refractivity contribution < 1.29 is 10.0 Å². The molecule has 1 aliphatic rings. The molecule has 0 aliphatic carbocycles. The normalized spacial score (nSPS) is 26.4. The maximum Gasteiger partial charge on any atom is 0.167 e. The summed E-state index contributed by atoms with van der Waals surface area (Å²) in [6.45, 7) is 7.41. The maximum atomic E-state index is 12.2. The van der Waals surface area contributed by atoms with Gasteiger partial charge in [0.05, 0.1) is 9.97 Å². The summed E-state index contributed by atoms with van der Waals surface area (Å²) in [6.07, 6.45) is 1.59. The van der Waals surface area contributed by atoms with E-state index < -0.39 is 11.2 Å². The van der Waals surface area contributed by atoms with E-state index in [4.69, 9.17) is 0 Å². The minimum Gasteiger partial charge on any atom is -0.356 e. The van der Waals surface area contributed by atoms with Crippen molar-refractivity contribution in [2.75, 3.05) is 11.5 Å². The fraction of sp³-hybridized carbons (Fsp3) is 0.727. The Labute approximate surface area is 110 Å². The lowest BCUT2D eigenvalue weighted by molar-refractivity contribution is -0.256. The van der Waals surface area contributed by atoms with Gasteiger partial charge in [0.15, 0.2) is 5.78 Å². The number of hydroxylamine groups is 2. The number of nitrogens with zero attached hydrogens (tertiary/aromatic N) is 2. The Kier molecular flexibility index (Phi) is 3.71. The number of rotatable bonds is 2. The van der Waals surface area contributed by atoms with Gasteiger partial charge in [0, 0.05) is 18.8 Å². The van der Waals surface area contributed by atoms with Gasteiger partial charge in [-0.1, -0.05) is 22.6 Å². The van der Waals surface area contributed by atoms with Crippen molar-refractivity contribution in [3.05, 3.63) is 11.8 Å². The molecule has 0 atom stereocenters. The smallest absolute Gasteiger partial charge is 0.167 e. The molecule has 1 rings (SSSR count). The second-order valence-corrected chi connectivity index (χ2v) is 5.80. The molecule has 1 radical (unpaired) electrons. The number of ketones is 1.